The van der Waals surface area contributed by atoms with Gasteiger partial charge in [-0.05, 0) is 19.1 Å². The second kappa shape index (κ2) is 5.90. The Morgan fingerprint density at radius 3 is 2.60 bits per heavy atom. The Bertz CT molecular complexity index is 297. The standard InChI is InChI=1S/C11H14O4/c1-3-13-11(12)15-9(2)14-10-7-5-4-6-8-10/h4-9H,3H2,1-2H3. The van der Waals surface area contributed by atoms with Crippen molar-refractivity contribution in [3.63, 3.8) is 0 Å². The Balaban J connectivity index is 2.36. The molecule has 0 fully saturated rings. The van der Waals surface area contributed by atoms with E-state index in [1.807, 2.05) is 18.2 Å². The van der Waals surface area contributed by atoms with E-state index in [0.717, 1.165) is 0 Å². The molecule has 0 N–H and O–H groups in total. The van der Waals surface area contributed by atoms with Gasteiger partial charge in [-0.1, -0.05) is 18.2 Å². The highest BCUT2D eigenvalue weighted by Crippen LogP contribution is 2.11. The maximum atomic E-state index is 10.9. The van der Waals surface area contributed by atoms with E-state index >= 15 is 0 Å². The lowest BCUT2D eigenvalue weighted by molar-refractivity contribution is -0.0518. The van der Waals surface area contributed by atoms with Gasteiger partial charge < -0.3 is 14.2 Å². The summed E-state index contributed by atoms with van der Waals surface area (Å²) in [5.74, 6) is 0.647. The topological polar surface area (TPSA) is 44.8 Å². The van der Waals surface area contributed by atoms with Gasteiger partial charge in [0.15, 0.2) is 0 Å². The molecule has 1 atom stereocenters. The number of benzene rings is 1. The summed E-state index contributed by atoms with van der Waals surface area (Å²) in [6, 6.07) is 9.12. The summed E-state index contributed by atoms with van der Waals surface area (Å²) in [6.45, 7) is 3.63. The zero-order chi connectivity index (χ0) is 11.1. The maximum absolute atomic E-state index is 10.9. The van der Waals surface area contributed by atoms with Crippen molar-refractivity contribution in [3.8, 4) is 5.75 Å². The third kappa shape index (κ3) is 4.35. The molecular weight excluding hydrogens is 196 g/mol. The minimum Gasteiger partial charge on any atom is -0.455 e. The predicted octanol–water partition coefficient (Wildman–Crippen LogP) is 2.58. The molecule has 0 saturated heterocycles. The van der Waals surface area contributed by atoms with Gasteiger partial charge in [0.05, 0.1) is 6.61 Å². The first-order valence-electron chi connectivity index (χ1n) is 4.77. The molecule has 1 aromatic rings. The average molecular weight is 210 g/mol. The van der Waals surface area contributed by atoms with E-state index in [-0.39, 0.29) is 6.61 Å². The van der Waals surface area contributed by atoms with E-state index in [1.165, 1.54) is 0 Å². The van der Waals surface area contributed by atoms with Crippen molar-refractivity contribution in [3.05, 3.63) is 30.3 Å². The van der Waals surface area contributed by atoms with Gasteiger partial charge in [0.25, 0.3) is 0 Å². The molecule has 0 radical (unpaired) electrons. The van der Waals surface area contributed by atoms with Crippen LogP contribution in [0.1, 0.15) is 13.8 Å². The molecule has 1 unspecified atom stereocenters. The summed E-state index contributed by atoms with van der Waals surface area (Å²) in [4.78, 5) is 10.9. The first kappa shape index (κ1) is 11.4. The third-order valence-corrected chi connectivity index (χ3v) is 1.57. The zero-order valence-electron chi connectivity index (χ0n) is 8.80. The summed E-state index contributed by atoms with van der Waals surface area (Å²) in [6.07, 6.45) is -1.38. The van der Waals surface area contributed by atoms with E-state index in [2.05, 4.69) is 4.74 Å². The molecular formula is C11H14O4. The van der Waals surface area contributed by atoms with Crippen LogP contribution in [0.25, 0.3) is 0 Å². The van der Waals surface area contributed by atoms with Crippen LogP contribution in [0.4, 0.5) is 4.79 Å². The molecule has 4 heteroatoms. The van der Waals surface area contributed by atoms with Crippen molar-refractivity contribution in [1.29, 1.82) is 0 Å². The van der Waals surface area contributed by atoms with Crippen molar-refractivity contribution in [2.75, 3.05) is 6.61 Å². The molecule has 0 spiro atoms. The summed E-state index contributed by atoms with van der Waals surface area (Å²) in [5.41, 5.74) is 0. The lowest BCUT2D eigenvalue weighted by atomic mass is 10.3. The van der Waals surface area contributed by atoms with Crippen LogP contribution in [0.2, 0.25) is 0 Å². The van der Waals surface area contributed by atoms with Gasteiger partial charge in [-0.25, -0.2) is 4.79 Å². The van der Waals surface area contributed by atoms with Crippen molar-refractivity contribution < 1.29 is 19.0 Å². The van der Waals surface area contributed by atoms with Crippen molar-refractivity contribution in [2.45, 2.75) is 20.1 Å². The molecule has 0 aliphatic heterocycles. The number of ether oxygens (including phenoxy) is 3. The second-order valence-corrected chi connectivity index (χ2v) is 2.80. The number of hydrogen-bond acceptors (Lipinski definition) is 4. The quantitative estimate of drug-likeness (QED) is 0.566. The Kier molecular flexibility index (Phi) is 4.47. The van der Waals surface area contributed by atoms with Crippen LogP contribution in [0.15, 0.2) is 30.3 Å². The van der Waals surface area contributed by atoms with E-state index in [0.29, 0.717) is 5.75 Å². The van der Waals surface area contributed by atoms with Crippen molar-refractivity contribution in [1.82, 2.24) is 0 Å². The SMILES string of the molecule is CCOC(=O)OC(C)Oc1ccccc1. The number of hydrogen-bond donors (Lipinski definition) is 0. The van der Waals surface area contributed by atoms with Crippen LogP contribution >= 0.6 is 0 Å². The van der Waals surface area contributed by atoms with E-state index in [9.17, 15) is 4.79 Å². The van der Waals surface area contributed by atoms with Crippen LogP contribution < -0.4 is 4.74 Å². The fraction of sp³-hybridized carbons (Fsp3) is 0.364. The lowest BCUT2D eigenvalue weighted by Gasteiger charge is -2.14. The van der Waals surface area contributed by atoms with Gasteiger partial charge in [0.2, 0.25) is 6.29 Å². The van der Waals surface area contributed by atoms with Gasteiger partial charge in [-0.3, -0.25) is 0 Å². The van der Waals surface area contributed by atoms with E-state index in [1.54, 1.807) is 26.0 Å². The molecule has 0 bridgehead atoms. The number of rotatable bonds is 4. The molecule has 0 saturated carbocycles. The summed E-state index contributed by atoms with van der Waals surface area (Å²) < 4.78 is 14.7. The molecule has 1 aromatic carbocycles. The van der Waals surface area contributed by atoms with Crippen molar-refractivity contribution in [2.24, 2.45) is 0 Å². The van der Waals surface area contributed by atoms with Crippen LogP contribution in [0, 0.1) is 0 Å². The van der Waals surface area contributed by atoms with Gasteiger partial charge in [0.1, 0.15) is 5.75 Å². The summed E-state index contributed by atoms with van der Waals surface area (Å²) in [5, 5.41) is 0. The fourth-order valence-electron chi connectivity index (χ4n) is 1.00. The molecule has 82 valence electrons. The zero-order valence-corrected chi connectivity index (χ0v) is 8.80. The minimum atomic E-state index is -0.721. The molecule has 0 aromatic heterocycles. The minimum absolute atomic E-state index is 0.289. The van der Waals surface area contributed by atoms with Gasteiger partial charge in [-0.15, -0.1) is 0 Å². The Hall–Kier alpha value is -1.71. The highest BCUT2D eigenvalue weighted by atomic mass is 16.8. The number of carbonyl (C=O) groups is 1. The molecule has 4 nitrogen and oxygen atoms in total. The third-order valence-electron chi connectivity index (χ3n) is 1.57. The Morgan fingerprint density at radius 2 is 2.00 bits per heavy atom. The smallest absolute Gasteiger partial charge is 0.455 e. The Morgan fingerprint density at radius 1 is 1.33 bits per heavy atom. The highest BCUT2D eigenvalue weighted by Gasteiger charge is 2.10. The molecule has 0 amide bonds. The monoisotopic (exact) mass is 210 g/mol. The lowest BCUT2D eigenvalue weighted by Crippen LogP contribution is -2.21. The van der Waals surface area contributed by atoms with Crippen LogP contribution in [0.5, 0.6) is 5.75 Å². The predicted molar refractivity (Wildman–Crippen MR) is 54.6 cm³/mol. The first-order chi connectivity index (χ1) is 7.22. The van der Waals surface area contributed by atoms with Crippen LogP contribution in [0.3, 0.4) is 0 Å². The van der Waals surface area contributed by atoms with Crippen LogP contribution in [-0.2, 0) is 9.47 Å². The molecule has 15 heavy (non-hydrogen) atoms. The molecule has 0 aliphatic carbocycles. The number of para-hydroxylation sites is 1. The largest absolute Gasteiger partial charge is 0.511 e. The van der Waals surface area contributed by atoms with Crippen molar-refractivity contribution >= 4 is 6.16 Å². The molecule has 1 rings (SSSR count). The van der Waals surface area contributed by atoms with E-state index in [4.69, 9.17) is 9.47 Å². The van der Waals surface area contributed by atoms with Gasteiger partial charge >= 0.3 is 6.16 Å². The maximum Gasteiger partial charge on any atom is 0.511 e. The molecule has 0 heterocycles. The summed E-state index contributed by atoms with van der Waals surface area (Å²) in [7, 11) is 0. The first-order valence-corrected chi connectivity index (χ1v) is 4.77. The fourth-order valence-corrected chi connectivity index (χ4v) is 1.00. The normalized spacial score (nSPS) is 11.6. The molecule has 0 aliphatic rings. The highest BCUT2D eigenvalue weighted by molar-refractivity contribution is 5.59. The van der Waals surface area contributed by atoms with Gasteiger partial charge in [-0.2, -0.15) is 0 Å². The Labute approximate surface area is 88.8 Å². The second-order valence-electron chi connectivity index (χ2n) is 2.80. The van der Waals surface area contributed by atoms with E-state index < -0.39 is 12.4 Å². The van der Waals surface area contributed by atoms with Crippen LogP contribution in [-0.4, -0.2) is 19.1 Å². The van der Waals surface area contributed by atoms with Gasteiger partial charge in [0, 0.05) is 6.92 Å². The number of carbonyl (C=O) groups excluding carboxylic acids is 1. The average Bonchev–Trinajstić information content (AvgIpc) is 2.19. The summed E-state index contributed by atoms with van der Waals surface area (Å²) >= 11 is 0.